The van der Waals surface area contributed by atoms with E-state index < -0.39 is 12.3 Å². The Hall–Kier alpha value is -3.72. The number of hydrogen-bond donors (Lipinski definition) is 4. The predicted octanol–water partition coefficient (Wildman–Crippen LogP) is 3.29. The molecule has 1 fully saturated rings. The molecule has 1 aliphatic rings. The van der Waals surface area contributed by atoms with E-state index in [1.54, 1.807) is 6.07 Å². The summed E-state index contributed by atoms with van der Waals surface area (Å²) in [6, 6.07) is 16.1. The molecule has 1 aliphatic heterocycles. The molecular weight excluding hydrogens is 387 g/mol. The van der Waals surface area contributed by atoms with Gasteiger partial charge in [0.2, 0.25) is 5.91 Å². The maximum absolute atomic E-state index is 13.1. The molecule has 0 bridgehead atoms. The first-order chi connectivity index (χ1) is 14.5. The van der Waals surface area contributed by atoms with Crippen molar-refractivity contribution in [2.75, 3.05) is 10.6 Å². The van der Waals surface area contributed by atoms with Crippen molar-refractivity contribution >= 4 is 23.4 Å². The van der Waals surface area contributed by atoms with Crippen LogP contribution in [0, 0.1) is 5.82 Å². The van der Waals surface area contributed by atoms with Crippen LogP contribution in [0.15, 0.2) is 60.7 Å². The van der Waals surface area contributed by atoms with Gasteiger partial charge in [0.1, 0.15) is 11.6 Å². The number of anilines is 2. The van der Waals surface area contributed by atoms with Gasteiger partial charge in [-0.05, 0) is 31.2 Å². The third kappa shape index (κ3) is 4.47. The van der Waals surface area contributed by atoms with E-state index in [9.17, 15) is 14.0 Å². The Balaban J connectivity index is 1.61. The number of nitrogens with zero attached hydrogens (tertiary/aromatic N) is 2. The SMILES string of the molecule is CC1CC(=O)NC(n2nc(-c3ccccc3)cc2NC(=O)Nc2ccc(F)cc2)N1. The molecule has 2 unspecified atom stereocenters. The molecule has 0 aliphatic carbocycles. The van der Waals surface area contributed by atoms with Crippen LogP contribution in [0.4, 0.5) is 20.7 Å². The molecule has 2 aromatic carbocycles. The maximum atomic E-state index is 13.1. The van der Waals surface area contributed by atoms with Gasteiger partial charge in [0.15, 0.2) is 6.29 Å². The quantitative estimate of drug-likeness (QED) is 0.532. The average Bonchev–Trinajstić information content (AvgIpc) is 3.13. The van der Waals surface area contributed by atoms with Crippen molar-refractivity contribution in [2.45, 2.75) is 25.7 Å². The van der Waals surface area contributed by atoms with Crippen molar-refractivity contribution in [2.24, 2.45) is 0 Å². The molecule has 4 rings (SSSR count). The zero-order valence-electron chi connectivity index (χ0n) is 16.2. The van der Waals surface area contributed by atoms with E-state index in [2.05, 4.69) is 26.4 Å². The normalized spacial score (nSPS) is 18.5. The Bertz CT molecular complexity index is 1050. The molecule has 9 heteroatoms. The highest BCUT2D eigenvalue weighted by Gasteiger charge is 2.27. The molecule has 1 aromatic heterocycles. The second-order valence-corrected chi connectivity index (χ2v) is 7.05. The van der Waals surface area contributed by atoms with Crippen molar-refractivity contribution in [1.29, 1.82) is 0 Å². The molecule has 0 spiro atoms. The van der Waals surface area contributed by atoms with Crippen LogP contribution in [-0.2, 0) is 4.79 Å². The topological polar surface area (TPSA) is 100 Å². The predicted molar refractivity (Wildman–Crippen MR) is 111 cm³/mol. The summed E-state index contributed by atoms with van der Waals surface area (Å²) in [5.41, 5.74) is 1.95. The highest BCUT2D eigenvalue weighted by molar-refractivity contribution is 5.99. The Morgan fingerprint density at radius 3 is 2.57 bits per heavy atom. The van der Waals surface area contributed by atoms with Gasteiger partial charge in [0, 0.05) is 29.8 Å². The van der Waals surface area contributed by atoms with Gasteiger partial charge in [-0.15, -0.1) is 0 Å². The summed E-state index contributed by atoms with van der Waals surface area (Å²) < 4.78 is 14.6. The van der Waals surface area contributed by atoms with Crippen molar-refractivity contribution in [1.82, 2.24) is 20.4 Å². The lowest BCUT2D eigenvalue weighted by Crippen LogP contribution is -2.52. The van der Waals surface area contributed by atoms with Crippen molar-refractivity contribution in [3.05, 3.63) is 66.5 Å². The number of halogens is 1. The third-order valence-corrected chi connectivity index (χ3v) is 4.63. The number of amides is 3. The zero-order chi connectivity index (χ0) is 21.1. The lowest BCUT2D eigenvalue weighted by atomic mass is 10.2. The van der Waals surface area contributed by atoms with Gasteiger partial charge in [-0.2, -0.15) is 5.10 Å². The summed E-state index contributed by atoms with van der Waals surface area (Å²) in [5, 5.41) is 16.1. The molecule has 3 amide bonds. The summed E-state index contributed by atoms with van der Waals surface area (Å²) in [7, 11) is 0. The number of benzene rings is 2. The van der Waals surface area contributed by atoms with Crippen LogP contribution in [0.3, 0.4) is 0 Å². The first-order valence-corrected chi connectivity index (χ1v) is 9.52. The Kier molecular flexibility index (Phi) is 5.44. The smallest absolute Gasteiger partial charge is 0.322 e. The molecular formula is C21H21FN6O2. The van der Waals surface area contributed by atoms with Gasteiger partial charge in [0.25, 0.3) is 0 Å². The van der Waals surface area contributed by atoms with Gasteiger partial charge < -0.3 is 10.6 Å². The van der Waals surface area contributed by atoms with Crippen LogP contribution in [0.5, 0.6) is 0 Å². The van der Waals surface area contributed by atoms with Gasteiger partial charge in [-0.1, -0.05) is 30.3 Å². The largest absolute Gasteiger partial charge is 0.324 e. The van der Waals surface area contributed by atoms with Crippen LogP contribution in [-0.4, -0.2) is 27.8 Å². The lowest BCUT2D eigenvalue weighted by molar-refractivity contribution is -0.125. The van der Waals surface area contributed by atoms with E-state index in [-0.39, 0.29) is 17.8 Å². The minimum Gasteiger partial charge on any atom is -0.322 e. The number of hydrogen-bond acceptors (Lipinski definition) is 4. The van der Waals surface area contributed by atoms with Crippen LogP contribution in [0.25, 0.3) is 11.3 Å². The number of nitrogens with one attached hydrogen (secondary N) is 4. The van der Waals surface area contributed by atoms with E-state index in [1.807, 2.05) is 37.3 Å². The van der Waals surface area contributed by atoms with Crippen LogP contribution in [0.2, 0.25) is 0 Å². The van der Waals surface area contributed by atoms with Crippen LogP contribution in [0.1, 0.15) is 19.6 Å². The summed E-state index contributed by atoms with van der Waals surface area (Å²) >= 11 is 0. The van der Waals surface area contributed by atoms with E-state index in [4.69, 9.17) is 0 Å². The van der Waals surface area contributed by atoms with Crippen molar-refractivity contribution in [3.8, 4) is 11.3 Å². The Morgan fingerprint density at radius 2 is 1.87 bits per heavy atom. The fourth-order valence-corrected chi connectivity index (χ4v) is 3.24. The number of rotatable bonds is 4. The van der Waals surface area contributed by atoms with E-state index in [0.717, 1.165) is 5.56 Å². The van der Waals surface area contributed by atoms with E-state index >= 15 is 0 Å². The van der Waals surface area contributed by atoms with Crippen LogP contribution < -0.4 is 21.3 Å². The summed E-state index contributed by atoms with van der Waals surface area (Å²) in [6.45, 7) is 1.90. The molecule has 8 nitrogen and oxygen atoms in total. The van der Waals surface area contributed by atoms with Gasteiger partial charge >= 0.3 is 6.03 Å². The molecule has 4 N–H and O–H groups in total. The molecule has 2 atom stereocenters. The fraction of sp³-hybridized carbons (Fsp3) is 0.190. The molecule has 0 radical (unpaired) electrons. The second kappa shape index (κ2) is 8.34. The maximum Gasteiger partial charge on any atom is 0.324 e. The van der Waals surface area contributed by atoms with Crippen LogP contribution >= 0.6 is 0 Å². The fourth-order valence-electron chi connectivity index (χ4n) is 3.24. The highest BCUT2D eigenvalue weighted by atomic mass is 19.1. The van der Waals surface area contributed by atoms with E-state index in [1.165, 1.54) is 28.9 Å². The number of urea groups is 1. The average molecular weight is 408 g/mol. The number of aromatic nitrogens is 2. The Labute approximate surface area is 172 Å². The zero-order valence-corrected chi connectivity index (χ0v) is 16.2. The minimum absolute atomic E-state index is 0.0472. The number of carbonyl (C=O) groups is 2. The molecule has 3 aromatic rings. The molecule has 154 valence electrons. The van der Waals surface area contributed by atoms with Crippen molar-refractivity contribution < 1.29 is 14.0 Å². The monoisotopic (exact) mass is 408 g/mol. The van der Waals surface area contributed by atoms with E-state index in [0.29, 0.717) is 23.6 Å². The lowest BCUT2D eigenvalue weighted by Gasteiger charge is -2.30. The summed E-state index contributed by atoms with van der Waals surface area (Å²) in [5.74, 6) is -0.107. The van der Waals surface area contributed by atoms with Gasteiger partial charge in [-0.25, -0.2) is 13.9 Å². The minimum atomic E-state index is -0.611. The molecule has 1 saturated heterocycles. The third-order valence-electron chi connectivity index (χ3n) is 4.63. The first kappa shape index (κ1) is 19.6. The summed E-state index contributed by atoms with van der Waals surface area (Å²) in [6.07, 6.45) is -0.253. The molecule has 0 saturated carbocycles. The van der Waals surface area contributed by atoms with Gasteiger partial charge in [0.05, 0.1) is 5.69 Å². The molecule has 30 heavy (non-hydrogen) atoms. The standard InChI is InChI=1S/C21H21FN6O2/c1-13-11-19(29)26-20(23-13)28-18(12-17(27-28)14-5-3-2-4-6-14)25-21(30)24-16-9-7-15(22)8-10-16/h2-10,12-13,20,23H,11H2,1H3,(H,26,29)(H2,24,25,30). The summed E-state index contributed by atoms with van der Waals surface area (Å²) in [4.78, 5) is 24.5. The Morgan fingerprint density at radius 1 is 1.13 bits per heavy atom. The van der Waals surface area contributed by atoms with Crippen molar-refractivity contribution in [3.63, 3.8) is 0 Å². The van der Waals surface area contributed by atoms with Gasteiger partial charge in [-0.3, -0.25) is 15.4 Å². The molecule has 2 heterocycles. The highest BCUT2D eigenvalue weighted by Crippen LogP contribution is 2.25. The first-order valence-electron chi connectivity index (χ1n) is 9.52. The number of carbonyl (C=O) groups excluding carboxylic acids is 2. The second-order valence-electron chi connectivity index (χ2n) is 7.05.